The van der Waals surface area contributed by atoms with Crippen LogP contribution in [0.4, 0.5) is 5.00 Å². The maximum Gasteiger partial charge on any atom is 0.341 e. The number of thiophene rings is 1. The van der Waals surface area contributed by atoms with Gasteiger partial charge >= 0.3 is 11.9 Å². The third-order valence-corrected chi connectivity index (χ3v) is 4.88. The van der Waals surface area contributed by atoms with Gasteiger partial charge in [0.25, 0.3) is 0 Å². The molecule has 22 heavy (non-hydrogen) atoms. The van der Waals surface area contributed by atoms with Gasteiger partial charge in [-0.15, -0.1) is 11.3 Å². The average molecular weight is 322 g/mol. The van der Waals surface area contributed by atoms with E-state index in [-0.39, 0.29) is 32.1 Å². The monoisotopic (exact) mass is 322 g/mol. The molecular weight excluding hydrogens is 304 g/mol. The topological polar surface area (TPSA) is 90.6 Å². The highest BCUT2D eigenvalue weighted by Gasteiger charge is 2.30. The first-order valence-electron chi connectivity index (χ1n) is 7.23. The Labute approximate surface area is 132 Å². The molecule has 0 atom stereocenters. The Kier molecular flexibility index (Phi) is 5.39. The molecule has 1 aromatic rings. The molecule has 0 spiro atoms. The Morgan fingerprint density at radius 2 is 2.23 bits per heavy atom. The third-order valence-electron chi connectivity index (χ3n) is 3.53. The number of aliphatic carboxylic acids is 1. The number of nitriles is 1. The number of ether oxygens (including phenoxy) is 1. The van der Waals surface area contributed by atoms with Crippen LogP contribution in [0.2, 0.25) is 0 Å². The molecule has 1 aliphatic rings. The van der Waals surface area contributed by atoms with E-state index in [0.717, 1.165) is 29.7 Å². The molecule has 1 aliphatic carbocycles. The number of nitrogens with zero attached hydrogens (tertiary/aromatic N) is 2. The van der Waals surface area contributed by atoms with Crippen molar-refractivity contribution in [1.29, 1.82) is 5.26 Å². The van der Waals surface area contributed by atoms with Crippen LogP contribution in [0.15, 0.2) is 0 Å². The molecule has 0 saturated carbocycles. The number of hydrogen-bond donors (Lipinski definition) is 1. The van der Waals surface area contributed by atoms with E-state index in [1.165, 1.54) is 11.3 Å². The van der Waals surface area contributed by atoms with E-state index >= 15 is 0 Å². The summed E-state index contributed by atoms with van der Waals surface area (Å²) in [5.41, 5.74) is 1.54. The van der Waals surface area contributed by atoms with Gasteiger partial charge in [-0.3, -0.25) is 4.79 Å². The lowest BCUT2D eigenvalue weighted by Gasteiger charge is -2.20. The second-order valence-electron chi connectivity index (χ2n) is 4.98. The number of aryl methyl sites for hydroxylation is 1. The van der Waals surface area contributed by atoms with Gasteiger partial charge in [-0.05, 0) is 31.7 Å². The van der Waals surface area contributed by atoms with E-state index in [2.05, 4.69) is 0 Å². The van der Waals surface area contributed by atoms with E-state index in [1.54, 1.807) is 11.8 Å². The number of carbonyl (C=O) groups excluding carboxylic acids is 1. The smallest absolute Gasteiger partial charge is 0.341 e. The van der Waals surface area contributed by atoms with E-state index < -0.39 is 5.97 Å². The van der Waals surface area contributed by atoms with Gasteiger partial charge in [0.15, 0.2) is 0 Å². The number of carboxylic acids is 1. The Morgan fingerprint density at radius 3 is 2.86 bits per heavy atom. The van der Waals surface area contributed by atoms with Gasteiger partial charge in [0.2, 0.25) is 0 Å². The number of carbonyl (C=O) groups is 2. The van der Waals surface area contributed by atoms with Crippen LogP contribution in [-0.2, 0) is 22.4 Å². The van der Waals surface area contributed by atoms with Gasteiger partial charge in [-0.1, -0.05) is 0 Å². The van der Waals surface area contributed by atoms with Crippen molar-refractivity contribution in [2.75, 3.05) is 24.6 Å². The van der Waals surface area contributed by atoms with E-state index in [1.807, 2.05) is 6.07 Å². The van der Waals surface area contributed by atoms with Crippen molar-refractivity contribution in [3.63, 3.8) is 0 Å². The normalized spacial score (nSPS) is 12.5. The summed E-state index contributed by atoms with van der Waals surface area (Å²) in [5.74, 6) is -1.31. The van der Waals surface area contributed by atoms with Gasteiger partial charge in [0.05, 0.1) is 24.7 Å². The summed E-state index contributed by atoms with van der Waals surface area (Å²) in [4.78, 5) is 25.9. The second kappa shape index (κ2) is 7.27. The Balaban J connectivity index is 2.37. The SMILES string of the molecule is CCOC(=O)c1c(N(CC#N)CCC(=O)O)sc2c1CCC2. The molecule has 0 saturated heterocycles. The zero-order valence-corrected chi connectivity index (χ0v) is 13.2. The molecule has 0 radical (unpaired) electrons. The first-order chi connectivity index (χ1) is 10.6. The van der Waals surface area contributed by atoms with Gasteiger partial charge in [-0.25, -0.2) is 4.79 Å². The molecule has 0 bridgehead atoms. The fraction of sp³-hybridized carbons (Fsp3) is 0.533. The second-order valence-corrected chi connectivity index (χ2v) is 6.06. The summed E-state index contributed by atoms with van der Waals surface area (Å²) >= 11 is 1.48. The van der Waals surface area contributed by atoms with Gasteiger partial charge < -0.3 is 14.7 Å². The molecule has 7 heteroatoms. The standard InChI is InChI=1S/C15H18N2O4S/c1-2-21-15(20)13-10-4-3-5-11(10)22-14(13)17(9-7-16)8-6-12(18)19/h2-6,8-9H2,1H3,(H,18,19). The van der Waals surface area contributed by atoms with Crippen molar-refractivity contribution >= 4 is 28.3 Å². The van der Waals surface area contributed by atoms with Gasteiger partial charge in [-0.2, -0.15) is 5.26 Å². The molecule has 1 aromatic heterocycles. The molecule has 0 amide bonds. The van der Waals surface area contributed by atoms with E-state index in [4.69, 9.17) is 15.1 Å². The number of hydrogen-bond acceptors (Lipinski definition) is 6. The van der Waals surface area contributed by atoms with Crippen LogP contribution < -0.4 is 4.90 Å². The molecule has 0 aromatic carbocycles. The lowest BCUT2D eigenvalue weighted by molar-refractivity contribution is -0.136. The van der Waals surface area contributed by atoms with Crippen molar-refractivity contribution in [3.8, 4) is 6.07 Å². The quantitative estimate of drug-likeness (QED) is 0.611. The number of carboxylic acid groups (broad SMARTS) is 1. The molecule has 2 rings (SSSR count). The van der Waals surface area contributed by atoms with Gasteiger partial charge in [0.1, 0.15) is 11.5 Å². The molecule has 1 N–H and O–H groups in total. The summed E-state index contributed by atoms with van der Waals surface area (Å²) < 4.78 is 5.15. The molecule has 118 valence electrons. The number of esters is 1. The van der Waals surface area contributed by atoms with Crippen molar-refractivity contribution < 1.29 is 19.4 Å². The minimum absolute atomic E-state index is 0.0546. The van der Waals surface area contributed by atoms with Crippen molar-refractivity contribution in [1.82, 2.24) is 0 Å². The maximum absolute atomic E-state index is 12.3. The van der Waals surface area contributed by atoms with E-state index in [0.29, 0.717) is 10.6 Å². The first kappa shape index (κ1) is 16.3. The van der Waals surface area contributed by atoms with Crippen LogP contribution >= 0.6 is 11.3 Å². The van der Waals surface area contributed by atoms with Crippen LogP contribution in [0.3, 0.4) is 0 Å². The summed E-state index contributed by atoms with van der Waals surface area (Å²) in [6.45, 7) is 2.30. The van der Waals surface area contributed by atoms with Crippen LogP contribution in [-0.4, -0.2) is 36.7 Å². The van der Waals surface area contributed by atoms with E-state index in [9.17, 15) is 9.59 Å². The minimum Gasteiger partial charge on any atom is -0.481 e. The zero-order chi connectivity index (χ0) is 16.1. The summed E-state index contributed by atoms with van der Waals surface area (Å²) in [6.07, 6.45) is 2.69. The number of anilines is 1. The Hall–Kier alpha value is -2.07. The zero-order valence-electron chi connectivity index (χ0n) is 12.4. The highest BCUT2D eigenvalue weighted by molar-refractivity contribution is 7.16. The lowest BCUT2D eigenvalue weighted by atomic mass is 10.1. The molecule has 6 nitrogen and oxygen atoms in total. The Bertz CT molecular complexity index is 618. The number of fused-ring (bicyclic) bond motifs is 1. The lowest BCUT2D eigenvalue weighted by Crippen LogP contribution is -2.27. The fourth-order valence-electron chi connectivity index (χ4n) is 2.59. The highest BCUT2D eigenvalue weighted by Crippen LogP contribution is 2.41. The highest BCUT2D eigenvalue weighted by atomic mass is 32.1. The number of rotatable bonds is 7. The van der Waals surface area contributed by atoms with Crippen LogP contribution in [0.1, 0.15) is 40.6 Å². The Morgan fingerprint density at radius 1 is 1.45 bits per heavy atom. The molecule has 0 aliphatic heterocycles. The predicted molar refractivity (Wildman–Crippen MR) is 82.4 cm³/mol. The molecule has 1 heterocycles. The van der Waals surface area contributed by atoms with Crippen LogP contribution in [0.25, 0.3) is 0 Å². The average Bonchev–Trinajstić information content (AvgIpc) is 3.03. The summed E-state index contributed by atoms with van der Waals surface area (Å²) in [7, 11) is 0. The molecule has 0 unspecified atom stereocenters. The summed E-state index contributed by atoms with van der Waals surface area (Å²) in [5, 5.41) is 18.5. The first-order valence-corrected chi connectivity index (χ1v) is 8.05. The van der Waals surface area contributed by atoms with Crippen molar-refractivity contribution in [3.05, 3.63) is 16.0 Å². The van der Waals surface area contributed by atoms with Gasteiger partial charge in [0, 0.05) is 11.4 Å². The van der Waals surface area contributed by atoms with Crippen molar-refractivity contribution in [2.45, 2.75) is 32.6 Å². The third kappa shape index (κ3) is 3.39. The van der Waals surface area contributed by atoms with Crippen LogP contribution in [0.5, 0.6) is 0 Å². The molecular formula is C15H18N2O4S. The van der Waals surface area contributed by atoms with Crippen LogP contribution in [0, 0.1) is 11.3 Å². The largest absolute Gasteiger partial charge is 0.481 e. The minimum atomic E-state index is -0.926. The maximum atomic E-state index is 12.3. The van der Waals surface area contributed by atoms with Crippen molar-refractivity contribution in [2.24, 2.45) is 0 Å². The summed E-state index contributed by atoms with van der Waals surface area (Å²) in [6, 6.07) is 2.04. The molecule has 0 fully saturated rings. The predicted octanol–water partition coefficient (Wildman–Crippen LogP) is 2.22. The fourth-order valence-corrected chi connectivity index (χ4v) is 4.00.